The molecule has 0 radical (unpaired) electrons. The first-order valence-corrected chi connectivity index (χ1v) is 7.56. The van der Waals surface area contributed by atoms with Crippen molar-refractivity contribution >= 4 is 11.6 Å². The molecule has 0 bridgehead atoms. The molecule has 1 aromatic heterocycles. The number of aromatic nitrogens is 1. The van der Waals surface area contributed by atoms with E-state index >= 15 is 0 Å². The van der Waals surface area contributed by atoms with Crippen LogP contribution in [-0.2, 0) is 0 Å². The highest BCUT2D eigenvalue weighted by Gasteiger charge is 2.15. The lowest BCUT2D eigenvalue weighted by Gasteiger charge is -2.08. The van der Waals surface area contributed by atoms with Crippen molar-refractivity contribution < 1.29 is 13.7 Å². The Morgan fingerprint density at radius 2 is 1.88 bits per heavy atom. The fraction of sp³-hybridized carbons (Fsp3) is 0.158. The number of hydrogen-bond donors (Lipinski definition) is 1. The molecule has 1 N–H and O–H groups in total. The second-order valence-corrected chi connectivity index (χ2v) is 5.74. The van der Waals surface area contributed by atoms with Gasteiger partial charge in [0, 0.05) is 17.3 Å². The van der Waals surface area contributed by atoms with Crippen LogP contribution in [0.4, 0.5) is 10.1 Å². The molecule has 0 atom stereocenters. The Morgan fingerprint density at radius 1 is 1.08 bits per heavy atom. The molecule has 0 aliphatic carbocycles. The van der Waals surface area contributed by atoms with Gasteiger partial charge in [-0.25, -0.2) is 4.39 Å². The Morgan fingerprint density at radius 3 is 2.62 bits per heavy atom. The first-order valence-electron chi connectivity index (χ1n) is 7.56. The Hall–Kier alpha value is -2.95. The van der Waals surface area contributed by atoms with E-state index < -0.39 is 0 Å². The molecule has 0 unspecified atom stereocenters. The summed E-state index contributed by atoms with van der Waals surface area (Å²) >= 11 is 0. The van der Waals surface area contributed by atoms with E-state index in [1.807, 2.05) is 32.0 Å². The van der Waals surface area contributed by atoms with Gasteiger partial charge in [-0.15, -0.1) is 0 Å². The predicted octanol–water partition coefficient (Wildman–Crippen LogP) is 4.66. The number of carbonyl (C=O) groups excluding carboxylic acids is 1. The maximum atomic E-state index is 13.7. The summed E-state index contributed by atoms with van der Waals surface area (Å²) in [5.41, 5.74) is 4.04. The molecule has 122 valence electrons. The monoisotopic (exact) mass is 324 g/mol. The van der Waals surface area contributed by atoms with E-state index in [-0.39, 0.29) is 17.4 Å². The van der Waals surface area contributed by atoms with Gasteiger partial charge in [-0.3, -0.25) is 4.79 Å². The number of carbonyl (C=O) groups is 1. The highest BCUT2D eigenvalue weighted by molar-refractivity contribution is 6.03. The zero-order valence-corrected chi connectivity index (χ0v) is 13.7. The molecule has 1 heterocycles. The Bertz CT molecular complexity index is 915. The van der Waals surface area contributed by atoms with Crippen molar-refractivity contribution in [1.82, 2.24) is 5.16 Å². The van der Waals surface area contributed by atoms with Gasteiger partial charge in [-0.05, 0) is 49.6 Å². The zero-order valence-electron chi connectivity index (χ0n) is 13.7. The number of halogens is 1. The minimum absolute atomic E-state index is 0.145. The second kappa shape index (κ2) is 6.28. The largest absolute Gasteiger partial charge is 0.355 e. The maximum absolute atomic E-state index is 13.7. The lowest BCUT2D eigenvalue weighted by atomic mass is 10.1. The highest BCUT2D eigenvalue weighted by atomic mass is 19.1. The van der Waals surface area contributed by atoms with Crippen molar-refractivity contribution in [2.45, 2.75) is 20.8 Å². The summed E-state index contributed by atoms with van der Waals surface area (Å²) in [5, 5.41) is 6.60. The number of hydrogen-bond acceptors (Lipinski definition) is 3. The van der Waals surface area contributed by atoms with Gasteiger partial charge >= 0.3 is 0 Å². The van der Waals surface area contributed by atoms with Gasteiger partial charge in [-0.2, -0.15) is 0 Å². The van der Waals surface area contributed by atoms with E-state index in [0.717, 1.165) is 16.8 Å². The fourth-order valence-electron chi connectivity index (χ4n) is 2.34. The number of aryl methyl sites for hydroxylation is 2. The van der Waals surface area contributed by atoms with E-state index in [0.29, 0.717) is 16.9 Å². The molecule has 3 aromatic rings. The molecule has 0 fully saturated rings. The van der Waals surface area contributed by atoms with Gasteiger partial charge in [-0.1, -0.05) is 29.4 Å². The van der Waals surface area contributed by atoms with Crippen molar-refractivity contribution in [3.8, 4) is 11.3 Å². The molecular formula is C19H17FN2O2. The quantitative estimate of drug-likeness (QED) is 0.762. The summed E-state index contributed by atoms with van der Waals surface area (Å²) in [5.74, 6) is -0.350. The minimum Gasteiger partial charge on any atom is -0.355 e. The molecule has 0 aliphatic rings. The predicted molar refractivity (Wildman–Crippen MR) is 90.5 cm³/mol. The first kappa shape index (κ1) is 15.9. The molecule has 24 heavy (non-hydrogen) atoms. The van der Waals surface area contributed by atoms with Gasteiger partial charge in [0.1, 0.15) is 5.82 Å². The minimum atomic E-state index is -0.369. The Kier molecular flexibility index (Phi) is 4.16. The van der Waals surface area contributed by atoms with Gasteiger partial charge < -0.3 is 9.84 Å². The van der Waals surface area contributed by atoms with E-state index in [2.05, 4.69) is 10.5 Å². The van der Waals surface area contributed by atoms with Gasteiger partial charge in [0.05, 0.1) is 0 Å². The third-order valence-electron chi connectivity index (χ3n) is 4.05. The number of nitrogens with zero attached hydrogens (tertiary/aromatic N) is 1. The van der Waals surface area contributed by atoms with Crippen molar-refractivity contribution in [3.63, 3.8) is 0 Å². The summed E-state index contributed by atoms with van der Waals surface area (Å²) < 4.78 is 18.8. The van der Waals surface area contributed by atoms with Crippen molar-refractivity contribution in [3.05, 3.63) is 70.7 Å². The van der Waals surface area contributed by atoms with Crippen LogP contribution in [-0.4, -0.2) is 11.1 Å². The van der Waals surface area contributed by atoms with Crippen LogP contribution < -0.4 is 5.32 Å². The van der Waals surface area contributed by atoms with Crippen LogP contribution in [0.2, 0.25) is 0 Å². The molecule has 3 rings (SSSR count). The van der Waals surface area contributed by atoms with E-state index in [4.69, 9.17) is 4.52 Å². The first-order chi connectivity index (χ1) is 11.5. The molecule has 0 saturated heterocycles. The lowest BCUT2D eigenvalue weighted by Crippen LogP contribution is -2.13. The van der Waals surface area contributed by atoms with Crippen molar-refractivity contribution in [2.75, 3.05) is 5.32 Å². The second-order valence-electron chi connectivity index (χ2n) is 5.74. The third kappa shape index (κ3) is 3.06. The Labute approximate surface area is 139 Å². The zero-order chi connectivity index (χ0) is 17.3. The molecule has 0 aliphatic heterocycles. The van der Waals surface area contributed by atoms with Crippen LogP contribution >= 0.6 is 0 Å². The van der Waals surface area contributed by atoms with Crippen LogP contribution in [0.3, 0.4) is 0 Å². The smallest absolute Gasteiger partial charge is 0.277 e. The molecule has 0 spiro atoms. The van der Waals surface area contributed by atoms with Gasteiger partial charge in [0.15, 0.2) is 11.5 Å². The summed E-state index contributed by atoms with van der Waals surface area (Å²) in [7, 11) is 0. The number of benzene rings is 2. The molecule has 4 nitrogen and oxygen atoms in total. The van der Waals surface area contributed by atoms with Crippen molar-refractivity contribution in [2.24, 2.45) is 0 Å². The fourth-order valence-corrected chi connectivity index (χ4v) is 2.34. The number of rotatable bonds is 3. The van der Waals surface area contributed by atoms with Gasteiger partial charge in [0.2, 0.25) is 0 Å². The van der Waals surface area contributed by atoms with Gasteiger partial charge in [0.25, 0.3) is 5.91 Å². The molecule has 1 amide bonds. The topological polar surface area (TPSA) is 55.1 Å². The lowest BCUT2D eigenvalue weighted by molar-refractivity contribution is 0.101. The third-order valence-corrected chi connectivity index (χ3v) is 4.05. The molecule has 2 aromatic carbocycles. The summed E-state index contributed by atoms with van der Waals surface area (Å²) in [6.07, 6.45) is 0. The Balaban J connectivity index is 1.83. The van der Waals surface area contributed by atoms with E-state index in [1.54, 1.807) is 19.1 Å². The molecule has 5 heteroatoms. The molecule has 0 saturated carbocycles. The standard InChI is InChI=1S/C19H17FN2O2/c1-11-5-4-6-16(13(11)3)21-19(23)17-10-18(24-22-17)14-8-7-12(2)15(20)9-14/h4-10H,1-3H3,(H,21,23). The number of anilines is 1. The maximum Gasteiger partial charge on any atom is 0.277 e. The average Bonchev–Trinajstić information content (AvgIpc) is 3.04. The number of amides is 1. The van der Waals surface area contributed by atoms with Crippen LogP contribution in [0.1, 0.15) is 27.2 Å². The van der Waals surface area contributed by atoms with E-state index in [1.165, 1.54) is 12.1 Å². The number of nitrogens with one attached hydrogen (secondary N) is 1. The van der Waals surface area contributed by atoms with Crippen molar-refractivity contribution in [1.29, 1.82) is 0 Å². The van der Waals surface area contributed by atoms with E-state index in [9.17, 15) is 9.18 Å². The normalized spacial score (nSPS) is 10.7. The average molecular weight is 324 g/mol. The van der Waals surface area contributed by atoms with Crippen LogP contribution in [0.25, 0.3) is 11.3 Å². The van der Waals surface area contributed by atoms with Crippen LogP contribution in [0.5, 0.6) is 0 Å². The molecular weight excluding hydrogens is 307 g/mol. The van der Waals surface area contributed by atoms with Crippen LogP contribution in [0, 0.1) is 26.6 Å². The van der Waals surface area contributed by atoms with Crippen LogP contribution in [0.15, 0.2) is 47.0 Å². The summed E-state index contributed by atoms with van der Waals surface area (Å²) in [6, 6.07) is 11.9. The summed E-state index contributed by atoms with van der Waals surface area (Å²) in [6.45, 7) is 5.60. The summed E-state index contributed by atoms with van der Waals surface area (Å²) in [4.78, 5) is 12.3. The SMILES string of the molecule is Cc1ccc(-c2cc(C(=O)Nc3cccc(C)c3C)no2)cc1F. The highest BCUT2D eigenvalue weighted by Crippen LogP contribution is 2.24.